The quantitative estimate of drug-likeness (QED) is 0.528. The number of alkyl halides is 3. The van der Waals surface area contributed by atoms with Gasteiger partial charge in [-0.15, -0.1) is 9.60 Å². The Morgan fingerprint density at radius 2 is 1.60 bits per heavy atom. The van der Waals surface area contributed by atoms with Gasteiger partial charge in [-0.1, -0.05) is 6.58 Å². The summed E-state index contributed by atoms with van der Waals surface area (Å²) >= 11 is 0. The lowest BCUT2D eigenvalue weighted by molar-refractivity contribution is -0.185. The van der Waals surface area contributed by atoms with E-state index >= 15 is 0 Å². The normalized spacial score (nSPS) is 22.7. The van der Waals surface area contributed by atoms with E-state index < -0.39 is 18.0 Å². The lowest BCUT2D eigenvalue weighted by Crippen LogP contribution is -2.53. The second-order valence-electron chi connectivity index (χ2n) is 3.34. The topological polar surface area (TPSA) is 6.48 Å². The molecular formula is C8H11F5N2. The summed E-state index contributed by atoms with van der Waals surface area (Å²) in [4.78, 5) is 0.846. The summed E-state index contributed by atoms with van der Waals surface area (Å²) < 4.78 is 62.4. The molecule has 0 N–H and O–H groups in total. The van der Waals surface area contributed by atoms with E-state index in [9.17, 15) is 22.0 Å². The van der Waals surface area contributed by atoms with Crippen molar-refractivity contribution in [1.82, 2.24) is 10.0 Å². The largest absolute Gasteiger partial charge is 0.410 e. The molecule has 0 aromatic heterocycles. The van der Waals surface area contributed by atoms with Gasteiger partial charge in [-0.05, 0) is 0 Å². The van der Waals surface area contributed by atoms with Gasteiger partial charge >= 0.3 is 6.18 Å². The Kier molecular flexibility index (Phi) is 3.67. The molecule has 2 nitrogen and oxygen atoms in total. The van der Waals surface area contributed by atoms with Gasteiger partial charge in [0.25, 0.3) is 0 Å². The maximum atomic E-state index is 12.7. The second kappa shape index (κ2) is 4.44. The number of nitrogens with zero attached hydrogens (tertiary/aromatic N) is 2. The van der Waals surface area contributed by atoms with Crippen LogP contribution in [0.3, 0.4) is 0 Å². The molecule has 1 atom stereocenters. The van der Waals surface area contributed by atoms with E-state index in [-0.39, 0.29) is 26.2 Å². The predicted molar refractivity (Wildman–Crippen MR) is 44.3 cm³/mol. The minimum absolute atomic E-state index is 0.153. The van der Waals surface area contributed by atoms with Crippen LogP contribution in [0, 0.1) is 0 Å². The molecule has 0 bridgehead atoms. The Hall–Kier alpha value is -0.690. The molecule has 1 saturated heterocycles. The Bertz CT molecular complexity index is 232. The lowest BCUT2D eigenvalue weighted by Gasteiger charge is -2.36. The highest BCUT2D eigenvalue weighted by Crippen LogP contribution is 2.30. The molecule has 1 rings (SSSR count). The number of rotatable bonds is 2. The molecule has 0 spiro atoms. The van der Waals surface area contributed by atoms with Crippen LogP contribution >= 0.6 is 0 Å². The lowest BCUT2D eigenvalue weighted by atomic mass is 10.2. The minimum atomic E-state index is -4.70. The number of piperazine rings is 1. The summed E-state index contributed by atoms with van der Waals surface area (Å²) in [6.45, 7) is 2.05. The fraction of sp³-hybridized carbons (Fsp3) is 0.750. The van der Waals surface area contributed by atoms with E-state index in [1.165, 1.54) is 0 Å². The molecule has 1 fully saturated rings. The highest BCUT2D eigenvalue weighted by molar-refractivity contribution is 5.02. The summed E-state index contributed by atoms with van der Waals surface area (Å²) in [5, 5.41) is 0.408. The van der Waals surface area contributed by atoms with Crippen LogP contribution in [0.1, 0.15) is 0 Å². The van der Waals surface area contributed by atoms with Crippen molar-refractivity contribution < 1.29 is 22.0 Å². The van der Waals surface area contributed by atoms with Gasteiger partial charge in [-0.2, -0.15) is 13.2 Å². The van der Waals surface area contributed by atoms with E-state index in [1.807, 2.05) is 0 Å². The standard InChI is InChI=1S/C8H11F5N2/c1-6(9)7(8(10,11)12)14-2-4-15(13)5-3-14/h7H,1-5H2. The Morgan fingerprint density at radius 1 is 1.13 bits per heavy atom. The van der Waals surface area contributed by atoms with Crippen molar-refractivity contribution in [3.05, 3.63) is 12.4 Å². The van der Waals surface area contributed by atoms with Gasteiger partial charge < -0.3 is 0 Å². The highest BCUT2D eigenvalue weighted by Gasteiger charge is 2.46. The van der Waals surface area contributed by atoms with Gasteiger partial charge in [0.05, 0.1) is 0 Å². The molecule has 1 heterocycles. The van der Waals surface area contributed by atoms with Crippen molar-refractivity contribution in [2.45, 2.75) is 12.2 Å². The fourth-order valence-electron chi connectivity index (χ4n) is 1.54. The van der Waals surface area contributed by atoms with Crippen molar-refractivity contribution in [2.75, 3.05) is 26.2 Å². The van der Waals surface area contributed by atoms with Gasteiger partial charge in [0, 0.05) is 26.2 Å². The van der Waals surface area contributed by atoms with E-state index in [4.69, 9.17) is 0 Å². The van der Waals surface area contributed by atoms with Crippen LogP contribution in [0.5, 0.6) is 0 Å². The van der Waals surface area contributed by atoms with Crippen molar-refractivity contribution in [3.63, 3.8) is 0 Å². The average Bonchev–Trinajstić information content (AvgIpc) is 2.05. The predicted octanol–water partition coefficient (Wildman–Crippen LogP) is 1.90. The molecule has 0 radical (unpaired) electrons. The third-order valence-electron chi connectivity index (χ3n) is 2.23. The third kappa shape index (κ3) is 3.13. The van der Waals surface area contributed by atoms with Gasteiger partial charge in [-0.25, -0.2) is 4.39 Å². The monoisotopic (exact) mass is 230 g/mol. The Morgan fingerprint density at radius 3 is 1.93 bits per heavy atom. The first-order chi connectivity index (χ1) is 6.82. The third-order valence-corrected chi connectivity index (χ3v) is 2.23. The molecular weight excluding hydrogens is 219 g/mol. The smallest absolute Gasteiger partial charge is 0.284 e. The van der Waals surface area contributed by atoms with E-state index in [1.54, 1.807) is 0 Å². The minimum Gasteiger partial charge on any atom is -0.284 e. The highest BCUT2D eigenvalue weighted by atomic mass is 19.4. The van der Waals surface area contributed by atoms with Crippen LogP contribution in [0.25, 0.3) is 0 Å². The number of hydrogen-bond acceptors (Lipinski definition) is 2. The molecule has 0 aliphatic carbocycles. The van der Waals surface area contributed by atoms with Gasteiger partial charge in [0.15, 0.2) is 6.04 Å². The maximum absolute atomic E-state index is 12.7. The van der Waals surface area contributed by atoms with Crippen LogP contribution < -0.4 is 0 Å². The van der Waals surface area contributed by atoms with E-state index in [2.05, 4.69) is 6.58 Å². The van der Waals surface area contributed by atoms with Crippen LogP contribution in [-0.2, 0) is 0 Å². The first kappa shape index (κ1) is 12.4. The Labute approximate surface area is 83.9 Å². The number of hydrogen-bond donors (Lipinski definition) is 0. The first-order valence-corrected chi connectivity index (χ1v) is 4.38. The molecule has 0 amide bonds. The van der Waals surface area contributed by atoms with Crippen molar-refractivity contribution in [3.8, 4) is 0 Å². The van der Waals surface area contributed by atoms with Crippen molar-refractivity contribution >= 4 is 0 Å². The van der Waals surface area contributed by atoms with Gasteiger partial charge in [0.2, 0.25) is 0 Å². The zero-order valence-electron chi connectivity index (χ0n) is 7.90. The summed E-state index contributed by atoms with van der Waals surface area (Å²) in [7, 11) is 0. The molecule has 1 aliphatic rings. The second-order valence-corrected chi connectivity index (χ2v) is 3.34. The zero-order valence-corrected chi connectivity index (χ0v) is 7.90. The van der Waals surface area contributed by atoms with Crippen molar-refractivity contribution in [1.29, 1.82) is 0 Å². The molecule has 0 aromatic carbocycles. The Balaban J connectivity index is 2.69. The number of halogens is 5. The molecule has 7 heteroatoms. The van der Waals surface area contributed by atoms with Crippen LogP contribution in [0.15, 0.2) is 12.4 Å². The molecule has 88 valence electrons. The first-order valence-electron chi connectivity index (χ1n) is 4.38. The zero-order chi connectivity index (χ0) is 11.6. The van der Waals surface area contributed by atoms with Crippen LogP contribution in [0.2, 0.25) is 0 Å². The molecule has 1 aliphatic heterocycles. The maximum Gasteiger partial charge on any atom is 0.410 e. The SMILES string of the molecule is C=C(F)C(N1CCN(F)CC1)C(F)(F)F. The molecule has 0 saturated carbocycles. The fourth-order valence-corrected chi connectivity index (χ4v) is 1.54. The van der Waals surface area contributed by atoms with Crippen LogP contribution in [-0.4, -0.2) is 48.4 Å². The van der Waals surface area contributed by atoms with Crippen LogP contribution in [0.4, 0.5) is 22.0 Å². The molecule has 0 aromatic rings. The summed E-state index contributed by atoms with van der Waals surface area (Å²) in [6.07, 6.45) is -4.70. The van der Waals surface area contributed by atoms with E-state index in [0.717, 1.165) is 4.90 Å². The van der Waals surface area contributed by atoms with E-state index in [0.29, 0.717) is 5.12 Å². The molecule has 1 unspecified atom stereocenters. The average molecular weight is 230 g/mol. The van der Waals surface area contributed by atoms with Crippen molar-refractivity contribution in [2.24, 2.45) is 0 Å². The summed E-state index contributed by atoms with van der Waals surface area (Å²) in [5.74, 6) is -1.45. The van der Waals surface area contributed by atoms with Gasteiger partial charge in [0.1, 0.15) is 5.83 Å². The van der Waals surface area contributed by atoms with Gasteiger partial charge in [-0.3, -0.25) is 4.90 Å². The molecule has 15 heavy (non-hydrogen) atoms. The summed E-state index contributed by atoms with van der Waals surface area (Å²) in [6, 6.07) is -2.31. The summed E-state index contributed by atoms with van der Waals surface area (Å²) in [5.41, 5.74) is 0.